The van der Waals surface area contributed by atoms with E-state index in [2.05, 4.69) is 46.9 Å². The number of ketones is 1. The molecule has 1 aromatic carbocycles. The molecule has 4 heteroatoms. The molecule has 0 saturated carbocycles. The number of carbonyl (C=O) groups excluding carboxylic acids is 1. The maximum Gasteiger partial charge on any atom is 0.161 e. The van der Waals surface area contributed by atoms with Gasteiger partial charge in [-0.1, -0.05) is 6.07 Å². The minimum atomic E-state index is 0.0451. The molecule has 2 aromatic heterocycles. The van der Waals surface area contributed by atoms with Crippen LogP contribution >= 0.6 is 11.3 Å². The fourth-order valence-electron chi connectivity index (χ4n) is 4.14. The molecule has 0 unspecified atom stereocenters. The highest BCUT2D eigenvalue weighted by Crippen LogP contribution is 2.49. The number of rotatable bonds is 1. The molecule has 3 nitrogen and oxygen atoms in total. The van der Waals surface area contributed by atoms with Crippen molar-refractivity contribution in [1.82, 2.24) is 4.98 Å². The lowest BCUT2D eigenvalue weighted by Crippen LogP contribution is -2.26. The lowest BCUT2D eigenvalue weighted by Gasteiger charge is -2.34. The maximum absolute atomic E-state index is 12.8. The van der Waals surface area contributed by atoms with Crippen molar-refractivity contribution in [3.8, 4) is 0 Å². The van der Waals surface area contributed by atoms with E-state index in [0.717, 1.165) is 40.7 Å². The Morgan fingerprint density at radius 3 is 2.96 bits per heavy atom. The fraction of sp³-hybridized carbons (Fsp3) is 0.238. The molecule has 1 atom stereocenters. The summed E-state index contributed by atoms with van der Waals surface area (Å²) >= 11 is 1.75. The summed E-state index contributed by atoms with van der Waals surface area (Å²) in [6.45, 7) is 2.14. The molecule has 1 aliphatic heterocycles. The van der Waals surface area contributed by atoms with Crippen molar-refractivity contribution in [1.29, 1.82) is 0 Å². The molecule has 0 radical (unpaired) electrons. The van der Waals surface area contributed by atoms with Gasteiger partial charge in [-0.05, 0) is 60.5 Å². The second-order valence-corrected chi connectivity index (χ2v) is 7.74. The Morgan fingerprint density at radius 2 is 2.12 bits per heavy atom. The number of carbonyl (C=O) groups is 1. The standard InChI is InChI=1S/C21H18N2OS/c1-12-9-11-25-21(12)18-14-7-8-15-13(4-3-10-22-15)20(14)23-16-5-2-6-17(24)19(16)18/h3-4,7-11,18,23H,2,5-6H2,1H3/t18-/m0/s1. The molecule has 1 aliphatic carbocycles. The van der Waals surface area contributed by atoms with E-state index in [1.165, 1.54) is 16.0 Å². The molecule has 2 aliphatic rings. The third kappa shape index (κ3) is 2.17. The van der Waals surface area contributed by atoms with E-state index in [0.29, 0.717) is 12.2 Å². The molecule has 0 bridgehead atoms. The van der Waals surface area contributed by atoms with E-state index in [9.17, 15) is 4.79 Å². The summed E-state index contributed by atoms with van der Waals surface area (Å²) in [5, 5.41) is 6.86. The lowest BCUT2D eigenvalue weighted by molar-refractivity contribution is -0.116. The summed E-state index contributed by atoms with van der Waals surface area (Å²) in [5.41, 5.74) is 6.66. The molecule has 0 spiro atoms. The number of nitrogens with zero attached hydrogens (tertiary/aromatic N) is 1. The number of allylic oxidation sites excluding steroid dienone is 2. The van der Waals surface area contributed by atoms with Crippen LogP contribution in [-0.2, 0) is 4.79 Å². The Morgan fingerprint density at radius 1 is 1.20 bits per heavy atom. The van der Waals surface area contributed by atoms with Gasteiger partial charge in [-0.3, -0.25) is 9.78 Å². The van der Waals surface area contributed by atoms with Gasteiger partial charge in [0.2, 0.25) is 0 Å². The number of aryl methyl sites for hydroxylation is 1. The highest BCUT2D eigenvalue weighted by molar-refractivity contribution is 7.10. The number of anilines is 1. The monoisotopic (exact) mass is 346 g/mol. The van der Waals surface area contributed by atoms with Gasteiger partial charge in [-0.2, -0.15) is 0 Å². The van der Waals surface area contributed by atoms with Crippen molar-refractivity contribution >= 4 is 33.7 Å². The number of nitrogens with one attached hydrogen (secondary N) is 1. The predicted octanol–water partition coefficient (Wildman–Crippen LogP) is 5.17. The average Bonchev–Trinajstić information content (AvgIpc) is 3.06. The number of benzene rings is 1. The van der Waals surface area contributed by atoms with Gasteiger partial charge in [0, 0.05) is 34.2 Å². The first-order valence-corrected chi connectivity index (χ1v) is 9.57. The van der Waals surface area contributed by atoms with E-state index < -0.39 is 0 Å². The summed E-state index contributed by atoms with van der Waals surface area (Å²) in [4.78, 5) is 18.6. The zero-order valence-corrected chi connectivity index (χ0v) is 14.8. The van der Waals surface area contributed by atoms with Crippen LogP contribution in [-0.4, -0.2) is 10.8 Å². The topological polar surface area (TPSA) is 42.0 Å². The van der Waals surface area contributed by atoms with Crippen LogP contribution < -0.4 is 5.32 Å². The van der Waals surface area contributed by atoms with Crippen LogP contribution in [0, 0.1) is 6.92 Å². The number of thiophene rings is 1. The van der Waals surface area contributed by atoms with Crippen molar-refractivity contribution < 1.29 is 4.79 Å². The SMILES string of the molecule is Cc1ccsc1[C@@H]1C2=C(CCCC2=O)Nc2c1ccc1ncccc21. The first-order valence-electron chi connectivity index (χ1n) is 8.69. The van der Waals surface area contributed by atoms with E-state index in [-0.39, 0.29) is 5.92 Å². The van der Waals surface area contributed by atoms with E-state index >= 15 is 0 Å². The number of aromatic nitrogens is 1. The van der Waals surface area contributed by atoms with Gasteiger partial charge in [-0.25, -0.2) is 0 Å². The number of fused-ring (bicyclic) bond motifs is 3. The summed E-state index contributed by atoms with van der Waals surface area (Å²) < 4.78 is 0. The second kappa shape index (κ2) is 5.53. The summed E-state index contributed by atoms with van der Waals surface area (Å²) in [5.74, 6) is 0.340. The van der Waals surface area contributed by atoms with Gasteiger partial charge in [0.25, 0.3) is 0 Å². The van der Waals surface area contributed by atoms with Crippen LogP contribution in [0.5, 0.6) is 0 Å². The normalized spacial score (nSPS) is 19.6. The highest BCUT2D eigenvalue weighted by Gasteiger charge is 2.36. The first-order chi connectivity index (χ1) is 12.2. The van der Waals surface area contributed by atoms with Crippen LogP contribution in [0.25, 0.3) is 10.9 Å². The van der Waals surface area contributed by atoms with Gasteiger partial charge in [0.15, 0.2) is 5.78 Å². The Balaban J connectivity index is 1.83. The van der Waals surface area contributed by atoms with Gasteiger partial charge < -0.3 is 5.32 Å². The number of Topliss-reactive ketones (excluding diaryl/α,β-unsaturated/α-hetero) is 1. The Hall–Kier alpha value is -2.46. The molecule has 124 valence electrons. The molecular weight excluding hydrogens is 328 g/mol. The first kappa shape index (κ1) is 14.8. The van der Waals surface area contributed by atoms with Gasteiger partial charge >= 0.3 is 0 Å². The predicted molar refractivity (Wildman–Crippen MR) is 102 cm³/mol. The molecule has 0 saturated heterocycles. The van der Waals surface area contributed by atoms with Gasteiger partial charge in [-0.15, -0.1) is 11.3 Å². The van der Waals surface area contributed by atoms with Crippen LogP contribution in [0.15, 0.2) is 53.2 Å². The number of pyridine rings is 1. The van der Waals surface area contributed by atoms with E-state index in [4.69, 9.17) is 0 Å². The molecule has 5 rings (SSSR count). The van der Waals surface area contributed by atoms with E-state index in [1.54, 1.807) is 11.3 Å². The fourth-order valence-corrected chi connectivity index (χ4v) is 5.19. The molecule has 1 N–H and O–H groups in total. The summed E-state index contributed by atoms with van der Waals surface area (Å²) in [6.07, 6.45) is 4.36. The zero-order chi connectivity index (χ0) is 17.0. The smallest absolute Gasteiger partial charge is 0.161 e. The van der Waals surface area contributed by atoms with Gasteiger partial charge in [0.05, 0.1) is 17.1 Å². The third-order valence-corrected chi connectivity index (χ3v) is 6.40. The second-order valence-electron chi connectivity index (χ2n) is 6.79. The Labute approximate surface area is 150 Å². The summed E-state index contributed by atoms with van der Waals surface area (Å²) in [6, 6.07) is 10.5. The van der Waals surface area contributed by atoms with E-state index in [1.807, 2.05) is 12.3 Å². The van der Waals surface area contributed by atoms with Crippen LogP contribution in [0.4, 0.5) is 5.69 Å². The average molecular weight is 346 g/mol. The Kier molecular flexibility index (Phi) is 3.28. The molecule has 0 fully saturated rings. The highest BCUT2D eigenvalue weighted by atomic mass is 32.1. The van der Waals surface area contributed by atoms with Crippen molar-refractivity contribution in [2.45, 2.75) is 32.1 Å². The molecular formula is C21H18N2OS. The Bertz CT molecular complexity index is 1050. The van der Waals surface area contributed by atoms with Crippen LogP contribution in [0.3, 0.4) is 0 Å². The molecule has 0 amide bonds. The maximum atomic E-state index is 12.8. The minimum absolute atomic E-state index is 0.0451. The quantitative estimate of drug-likeness (QED) is 0.661. The minimum Gasteiger partial charge on any atom is -0.358 e. The van der Waals surface area contributed by atoms with Crippen molar-refractivity contribution in [2.24, 2.45) is 0 Å². The summed E-state index contributed by atoms with van der Waals surface area (Å²) in [7, 11) is 0. The van der Waals surface area contributed by atoms with Crippen LogP contribution in [0.1, 0.15) is 41.2 Å². The van der Waals surface area contributed by atoms with Crippen LogP contribution in [0.2, 0.25) is 0 Å². The number of hydrogen-bond acceptors (Lipinski definition) is 4. The number of hydrogen-bond donors (Lipinski definition) is 1. The zero-order valence-electron chi connectivity index (χ0n) is 14.0. The van der Waals surface area contributed by atoms with Crippen molar-refractivity contribution in [3.63, 3.8) is 0 Å². The van der Waals surface area contributed by atoms with Crippen molar-refractivity contribution in [3.05, 3.63) is 69.2 Å². The molecule has 25 heavy (non-hydrogen) atoms. The largest absolute Gasteiger partial charge is 0.358 e. The lowest BCUT2D eigenvalue weighted by atomic mass is 9.77. The van der Waals surface area contributed by atoms with Crippen molar-refractivity contribution in [2.75, 3.05) is 5.32 Å². The third-order valence-electron chi connectivity index (χ3n) is 5.31. The van der Waals surface area contributed by atoms with Gasteiger partial charge in [0.1, 0.15) is 0 Å². The molecule has 3 aromatic rings. The molecule has 3 heterocycles.